The Bertz CT molecular complexity index is 267. The van der Waals surface area contributed by atoms with Crippen molar-refractivity contribution in [2.45, 2.75) is 13.8 Å². The first-order valence-electron chi connectivity index (χ1n) is 4.81. The fourth-order valence-electron chi connectivity index (χ4n) is 1.04. The molecule has 0 spiro atoms. The molecule has 0 aliphatic rings. The van der Waals surface area contributed by atoms with Crippen LogP contribution >= 0.6 is 0 Å². The molecule has 3 nitrogen and oxygen atoms in total. The smallest absolute Gasteiger partial charge is 0.119 e. The molecular weight excluding hydrogens is 176 g/mol. The lowest BCUT2D eigenvalue weighted by atomic mass is 10.2. The molecule has 0 atom stereocenters. The van der Waals surface area contributed by atoms with Gasteiger partial charge in [0.05, 0.1) is 12.3 Å². The van der Waals surface area contributed by atoms with Crippen molar-refractivity contribution < 1.29 is 4.74 Å². The lowest BCUT2D eigenvalue weighted by Crippen LogP contribution is -2.24. The number of ether oxygens (including phenoxy) is 1. The highest BCUT2D eigenvalue weighted by molar-refractivity contribution is 5.46. The molecule has 0 aromatic heterocycles. The third-order valence-corrected chi connectivity index (χ3v) is 1.83. The standard InChI is InChI=1S/C11H18N2O/c1-9(2)8-14-11-6-4-10(5-7-11)13(3)12/h4-7,9H,8,12H2,1-3H3. The second-order valence-corrected chi connectivity index (χ2v) is 3.81. The number of hydrogen-bond donors (Lipinski definition) is 1. The summed E-state index contributed by atoms with van der Waals surface area (Å²) in [6.07, 6.45) is 0. The first-order chi connectivity index (χ1) is 6.59. The summed E-state index contributed by atoms with van der Waals surface area (Å²) in [6, 6.07) is 7.74. The number of benzene rings is 1. The molecule has 0 radical (unpaired) electrons. The molecule has 0 aliphatic carbocycles. The van der Waals surface area contributed by atoms with E-state index in [4.69, 9.17) is 10.6 Å². The van der Waals surface area contributed by atoms with Crippen molar-refractivity contribution >= 4 is 5.69 Å². The largest absolute Gasteiger partial charge is 0.493 e. The molecule has 0 bridgehead atoms. The predicted molar refractivity (Wildman–Crippen MR) is 59.4 cm³/mol. The predicted octanol–water partition coefficient (Wildman–Crippen LogP) is 2.03. The van der Waals surface area contributed by atoms with Gasteiger partial charge < -0.3 is 9.75 Å². The summed E-state index contributed by atoms with van der Waals surface area (Å²) in [5, 5.41) is 1.58. The first kappa shape index (κ1) is 10.9. The minimum atomic E-state index is 0.548. The second-order valence-electron chi connectivity index (χ2n) is 3.81. The summed E-state index contributed by atoms with van der Waals surface area (Å²) in [5.41, 5.74) is 0.974. The highest BCUT2D eigenvalue weighted by Crippen LogP contribution is 2.17. The van der Waals surface area contributed by atoms with Crippen LogP contribution in [0.3, 0.4) is 0 Å². The van der Waals surface area contributed by atoms with E-state index < -0.39 is 0 Å². The van der Waals surface area contributed by atoms with E-state index in [9.17, 15) is 0 Å². The molecule has 14 heavy (non-hydrogen) atoms. The molecule has 0 unspecified atom stereocenters. The third kappa shape index (κ3) is 3.26. The first-order valence-corrected chi connectivity index (χ1v) is 4.81. The minimum Gasteiger partial charge on any atom is -0.493 e. The molecule has 78 valence electrons. The minimum absolute atomic E-state index is 0.548. The molecular formula is C11H18N2O. The zero-order valence-electron chi connectivity index (χ0n) is 9.03. The van der Waals surface area contributed by atoms with Crippen LogP contribution in [0.1, 0.15) is 13.8 Å². The van der Waals surface area contributed by atoms with Crippen LogP contribution in [0.2, 0.25) is 0 Å². The van der Waals surface area contributed by atoms with Crippen molar-refractivity contribution in [1.82, 2.24) is 0 Å². The molecule has 1 rings (SSSR count). The quantitative estimate of drug-likeness (QED) is 0.588. The van der Waals surface area contributed by atoms with Crippen LogP contribution in [0.25, 0.3) is 0 Å². The molecule has 1 aromatic rings. The number of anilines is 1. The van der Waals surface area contributed by atoms with E-state index in [1.54, 1.807) is 5.01 Å². The maximum atomic E-state index is 5.58. The van der Waals surface area contributed by atoms with Crippen LogP contribution in [0, 0.1) is 5.92 Å². The van der Waals surface area contributed by atoms with Gasteiger partial charge >= 0.3 is 0 Å². The van der Waals surface area contributed by atoms with Gasteiger partial charge in [0.25, 0.3) is 0 Å². The van der Waals surface area contributed by atoms with E-state index in [-0.39, 0.29) is 0 Å². The van der Waals surface area contributed by atoms with Gasteiger partial charge in [0, 0.05) is 7.05 Å². The monoisotopic (exact) mass is 194 g/mol. The van der Waals surface area contributed by atoms with Gasteiger partial charge in [0.2, 0.25) is 0 Å². The van der Waals surface area contributed by atoms with Crippen molar-refractivity contribution in [1.29, 1.82) is 0 Å². The van der Waals surface area contributed by atoms with Crippen molar-refractivity contribution in [3.8, 4) is 5.75 Å². The summed E-state index contributed by atoms with van der Waals surface area (Å²) in [6.45, 7) is 5.00. The Morgan fingerprint density at radius 2 is 1.86 bits per heavy atom. The third-order valence-electron chi connectivity index (χ3n) is 1.83. The Balaban J connectivity index is 2.55. The van der Waals surface area contributed by atoms with Crippen LogP contribution in [-0.2, 0) is 0 Å². The molecule has 0 saturated heterocycles. The molecule has 3 heteroatoms. The summed E-state index contributed by atoms with van der Waals surface area (Å²) in [5.74, 6) is 7.02. The van der Waals surface area contributed by atoms with Crippen LogP contribution in [0.15, 0.2) is 24.3 Å². The van der Waals surface area contributed by atoms with Crippen LogP contribution in [-0.4, -0.2) is 13.7 Å². The van der Waals surface area contributed by atoms with Crippen molar-refractivity contribution in [2.75, 3.05) is 18.7 Å². The van der Waals surface area contributed by atoms with Crippen molar-refractivity contribution in [3.63, 3.8) is 0 Å². The number of hydrogen-bond acceptors (Lipinski definition) is 3. The van der Waals surface area contributed by atoms with Gasteiger partial charge in [0.1, 0.15) is 5.75 Å². The molecule has 2 N–H and O–H groups in total. The van der Waals surface area contributed by atoms with Gasteiger partial charge in [-0.05, 0) is 30.2 Å². The Hall–Kier alpha value is -1.22. The van der Waals surface area contributed by atoms with Crippen LogP contribution in [0.4, 0.5) is 5.69 Å². The van der Waals surface area contributed by atoms with Gasteiger partial charge in [-0.25, -0.2) is 5.84 Å². The fraction of sp³-hybridized carbons (Fsp3) is 0.455. The molecule has 0 aliphatic heterocycles. The lowest BCUT2D eigenvalue weighted by molar-refractivity contribution is 0.271. The van der Waals surface area contributed by atoms with E-state index in [1.807, 2.05) is 31.3 Å². The highest BCUT2D eigenvalue weighted by Gasteiger charge is 1.98. The van der Waals surface area contributed by atoms with E-state index in [2.05, 4.69) is 13.8 Å². The summed E-state index contributed by atoms with van der Waals surface area (Å²) >= 11 is 0. The maximum absolute atomic E-state index is 5.58. The van der Waals surface area contributed by atoms with E-state index in [0.717, 1.165) is 18.0 Å². The number of nitrogens with two attached hydrogens (primary N) is 1. The zero-order valence-corrected chi connectivity index (χ0v) is 9.03. The van der Waals surface area contributed by atoms with Gasteiger partial charge in [-0.15, -0.1) is 0 Å². The topological polar surface area (TPSA) is 38.5 Å². The second kappa shape index (κ2) is 4.86. The highest BCUT2D eigenvalue weighted by atomic mass is 16.5. The zero-order chi connectivity index (χ0) is 10.6. The number of nitrogens with zero attached hydrogens (tertiary/aromatic N) is 1. The van der Waals surface area contributed by atoms with Crippen molar-refractivity contribution in [2.24, 2.45) is 11.8 Å². The van der Waals surface area contributed by atoms with Crippen molar-refractivity contribution in [3.05, 3.63) is 24.3 Å². The van der Waals surface area contributed by atoms with Crippen LogP contribution < -0.4 is 15.6 Å². The lowest BCUT2D eigenvalue weighted by Gasteiger charge is -2.13. The molecule has 0 fully saturated rings. The van der Waals surface area contributed by atoms with Gasteiger partial charge in [-0.2, -0.15) is 0 Å². The number of hydrazine groups is 1. The molecule has 0 saturated carbocycles. The number of rotatable bonds is 4. The molecule has 1 aromatic carbocycles. The average Bonchev–Trinajstić information content (AvgIpc) is 2.15. The summed E-state index contributed by atoms with van der Waals surface area (Å²) in [7, 11) is 1.81. The Labute approximate surface area is 85.4 Å². The maximum Gasteiger partial charge on any atom is 0.119 e. The summed E-state index contributed by atoms with van der Waals surface area (Å²) < 4.78 is 5.54. The van der Waals surface area contributed by atoms with Gasteiger partial charge in [-0.3, -0.25) is 0 Å². The summed E-state index contributed by atoms with van der Waals surface area (Å²) in [4.78, 5) is 0. The van der Waals surface area contributed by atoms with E-state index >= 15 is 0 Å². The Morgan fingerprint density at radius 3 is 2.29 bits per heavy atom. The fourth-order valence-corrected chi connectivity index (χ4v) is 1.04. The normalized spacial score (nSPS) is 10.4. The van der Waals surface area contributed by atoms with Gasteiger partial charge in [-0.1, -0.05) is 13.8 Å². The van der Waals surface area contributed by atoms with Gasteiger partial charge in [0.15, 0.2) is 0 Å². The SMILES string of the molecule is CC(C)COc1ccc(N(C)N)cc1. The van der Waals surface area contributed by atoms with E-state index in [1.165, 1.54) is 0 Å². The Kier molecular flexibility index (Phi) is 3.77. The molecule has 0 heterocycles. The average molecular weight is 194 g/mol. The van der Waals surface area contributed by atoms with Crippen LogP contribution in [0.5, 0.6) is 5.75 Å². The molecule has 0 amide bonds. The van der Waals surface area contributed by atoms with E-state index in [0.29, 0.717) is 5.92 Å². The Morgan fingerprint density at radius 1 is 1.29 bits per heavy atom.